The number of nitrogens with one attached hydrogen (secondary N) is 2. The quantitative estimate of drug-likeness (QED) is 0.400. The largest absolute Gasteiger partial charge is 0.336 e. The summed E-state index contributed by atoms with van der Waals surface area (Å²) in [5.41, 5.74) is 7.54. The summed E-state index contributed by atoms with van der Waals surface area (Å²) in [5.74, 6) is 1.69. The lowest BCUT2D eigenvalue weighted by molar-refractivity contribution is 0.865. The van der Waals surface area contributed by atoms with E-state index < -0.39 is 0 Å². The second kappa shape index (κ2) is 7.36. The Balaban J connectivity index is 1.67. The fraction of sp³-hybridized carbons (Fsp3) is 0.167. The van der Waals surface area contributed by atoms with Gasteiger partial charge in [0.25, 0.3) is 0 Å². The summed E-state index contributed by atoms with van der Waals surface area (Å²) in [6.45, 7) is 6.00. The predicted molar refractivity (Wildman–Crippen MR) is 124 cm³/mol. The van der Waals surface area contributed by atoms with Gasteiger partial charge in [-0.1, -0.05) is 24.3 Å². The Hall–Kier alpha value is -4.00. The maximum Gasteiger partial charge on any atom is 0.159 e. The van der Waals surface area contributed by atoms with E-state index in [1.54, 1.807) is 6.20 Å². The molecule has 1 aromatic carbocycles. The zero-order chi connectivity index (χ0) is 21.5. The third-order valence-corrected chi connectivity index (χ3v) is 5.63. The van der Waals surface area contributed by atoms with Crippen molar-refractivity contribution in [3.8, 4) is 22.8 Å². The number of hydrogen-bond acceptors (Lipinski definition) is 4. The van der Waals surface area contributed by atoms with Gasteiger partial charge >= 0.3 is 0 Å². The number of hydrogen-bond donors (Lipinski definition) is 2. The molecule has 0 amide bonds. The van der Waals surface area contributed by atoms with E-state index in [1.165, 1.54) is 0 Å². The van der Waals surface area contributed by atoms with Crippen molar-refractivity contribution >= 4 is 27.5 Å². The van der Waals surface area contributed by atoms with Gasteiger partial charge in [0.15, 0.2) is 5.82 Å². The SMILES string of the molecule is C/C=C\C(=C/C)c1nccc2[nH]c(-c3n[nH]c4ccc(-c5cnc(C)n5C)cc34)nc12. The van der Waals surface area contributed by atoms with Gasteiger partial charge in [-0.05, 0) is 44.5 Å². The minimum atomic E-state index is 0.713. The standard InChI is InChI=1S/C24H23N7/c1-5-7-15(6-2)21-23-19(10-11-25-21)27-24(28-23)22-17-12-16(8-9-18(17)29-30-22)20-13-26-14(3)31(20)4/h5-13H,1-4H3,(H,27,28)(H,29,30)/b7-5-,15-6+. The van der Waals surface area contributed by atoms with Crippen LogP contribution < -0.4 is 0 Å². The number of benzene rings is 1. The Morgan fingerprint density at radius 2 is 1.97 bits per heavy atom. The summed E-state index contributed by atoms with van der Waals surface area (Å²) in [6.07, 6.45) is 9.80. The molecule has 0 spiro atoms. The molecule has 0 fully saturated rings. The highest BCUT2D eigenvalue weighted by molar-refractivity contribution is 5.97. The molecular weight excluding hydrogens is 386 g/mol. The number of nitrogens with zero attached hydrogens (tertiary/aromatic N) is 5. The van der Waals surface area contributed by atoms with Crippen LogP contribution in [0.5, 0.6) is 0 Å². The summed E-state index contributed by atoms with van der Waals surface area (Å²) in [4.78, 5) is 17.3. The molecule has 5 rings (SSSR count). The highest BCUT2D eigenvalue weighted by Crippen LogP contribution is 2.31. The number of aromatic nitrogens is 7. The van der Waals surface area contributed by atoms with Crippen molar-refractivity contribution < 1.29 is 0 Å². The van der Waals surface area contributed by atoms with Crippen LogP contribution in [0.1, 0.15) is 25.4 Å². The molecule has 4 aromatic heterocycles. The highest BCUT2D eigenvalue weighted by Gasteiger charge is 2.17. The first-order valence-corrected chi connectivity index (χ1v) is 10.2. The van der Waals surface area contributed by atoms with Gasteiger partial charge in [0.2, 0.25) is 0 Å². The Labute approximate surface area is 179 Å². The normalized spacial score (nSPS) is 12.6. The van der Waals surface area contributed by atoms with E-state index in [0.29, 0.717) is 5.82 Å². The third-order valence-electron chi connectivity index (χ3n) is 5.63. The first-order valence-electron chi connectivity index (χ1n) is 10.2. The zero-order valence-corrected chi connectivity index (χ0v) is 17.9. The molecule has 5 aromatic rings. The van der Waals surface area contributed by atoms with E-state index >= 15 is 0 Å². The molecule has 0 saturated heterocycles. The topological polar surface area (TPSA) is 88.1 Å². The fourth-order valence-corrected chi connectivity index (χ4v) is 3.87. The lowest BCUT2D eigenvalue weighted by Gasteiger charge is -2.04. The van der Waals surface area contributed by atoms with Gasteiger partial charge in [-0.2, -0.15) is 5.10 Å². The van der Waals surface area contributed by atoms with Crippen LogP contribution in [0.3, 0.4) is 0 Å². The fourth-order valence-electron chi connectivity index (χ4n) is 3.87. The van der Waals surface area contributed by atoms with Gasteiger partial charge in [-0.15, -0.1) is 0 Å². The number of aromatic amines is 2. The Morgan fingerprint density at radius 3 is 2.71 bits per heavy atom. The number of pyridine rings is 1. The van der Waals surface area contributed by atoms with Crippen LogP contribution >= 0.6 is 0 Å². The van der Waals surface area contributed by atoms with Crippen LogP contribution in [-0.2, 0) is 7.05 Å². The molecule has 0 aliphatic carbocycles. The van der Waals surface area contributed by atoms with Crippen LogP contribution in [0.2, 0.25) is 0 Å². The van der Waals surface area contributed by atoms with Crippen LogP contribution in [-0.4, -0.2) is 34.7 Å². The molecule has 0 aliphatic rings. The molecule has 0 aliphatic heterocycles. The number of allylic oxidation sites excluding steroid dienone is 4. The highest BCUT2D eigenvalue weighted by atomic mass is 15.1. The van der Waals surface area contributed by atoms with Crippen LogP contribution in [0.15, 0.2) is 54.9 Å². The van der Waals surface area contributed by atoms with Gasteiger partial charge in [-0.3, -0.25) is 10.1 Å². The summed E-state index contributed by atoms with van der Waals surface area (Å²) in [5, 5.41) is 8.70. The second-order valence-corrected chi connectivity index (χ2v) is 7.47. The minimum Gasteiger partial charge on any atom is -0.336 e. The summed E-state index contributed by atoms with van der Waals surface area (Å²) in [6, 6.07) is 8.20. The van der Waals surface area contributed by atoms with Gasteiger partial charge in [0.05, 0.1) is 28.6 Å². The minimum absolute atomic E-state index is 0.713. The van der Waals surface area contributed by atoms with Gasteiger partial charge in [0, 0.05) is 24.2 Å². The molecule has 7 nitrogen and oxygen atoms in total. The first kappa shape index (κ1) is 19.0. The van der Waals surface area contributed by atoms with E-state index in [-0.39, 0.29) is 0 Å². The van der Waals surface area contributed by atoms with Crippen molar-refractivity contribution in [2.24, 2.45) is 7.05 Å². The number of imidazole rings is 2. The van der Waals surface area contributed by atoms with Crippen molar-refractivity contribution in [2.75, 3.05) is 0 Å². The molecule has 0 unspecified atom stereocenters. The Kier molecular flexibility index (Phi) is 4.51. The molecule has 2 N–H and O–H groups in total. The Bertz CT molecular complexity index is 1480. The molecule has 0 saturated carbocycles. The lowest BCUT2D eigenvalue weighted by atomic mass is 10.1. The number of aryl methyl sites for hydroxylation is 1. The monoisotopic (exact) mass is 409 g/mol. The second-order valence-electron chi connectivity index (χ2n) is 7.47. The van der Waals surface area contributed by atoms with Gasteiger partial charge in [0.1, 0.15) is 17.0 Å². The maximum atomic E-state index is 4.89. The summed E-state index contributed by atoms with van der Waals surface area (Å²) in [7, 11) is 2.02. The number of fused-ring (bicyclic) bond motifs is 2. The first-order chi connectivity index (χ1) is 15.1. The average molecular weight is 409 g/mol. The summed E-state index contributed by atoms with van der Waals surface area (Å²) < 4.78 is 2.08. The zero-order valence-electron chi connectivity index (χ0n) is 17.9. The van der Waals surface area contributed by atoms with Crippen LogP contribution in [0.25, 0.3) is 50.3 Å². The number of H-pyrrole nitrogens is 2. The molecule has 4 heterocycles. The lowest BCUT2D eigenvalue weighted by Crippen LogP contribution is -1.94. The van der Waals surface area contributed by atoms with Crippen LogP contribution in [0, 0.1) is 6.92 Å². The third kappa shape index (κ3) is 3.06. The number of rotatable bonds is 4. The molecule has 31 heavy (non-hydrogen) atoms. The smallest absolute Gasteiger partial charge is 0.159 e. The van der Waals surface area contributed by atoms with E-state index in [2.05, 4.69) is 41.8 Å². The van der Waals surface area contributed by atoms with Crippen molar-refractivity contribution in [2.45, 2.75) is 20.8 Å². The Morgan fingerprint density at radius 1 is 1.10 bits per heavy atom. The van der Waals surface area contributed by atoms with Crippen molar-refractivity contribution in [1.29, 1.82) is 0 Å². The predicted octanol–water partition coefficient (Wildman–Crippen LogP) is 5.19. The van der Waals surface area contributed by atoms with E-state index in [9.17, 15) is 0 Å². The molecular formula is C24H23N7. The molecule has 0 bridgehead atoms. The van der Waals surface area contributed by atoms with Crippen molar-refractivity contribution in [3.63, 3.8) is 0 Å². The van der Waals surface area contributed by atoms with E-state index in [0.717, 1.165) is 56.0 Å². The van der Waals surface area contributed by atoms with Crippen molar-refractivity contribution in [3.05, 3.63) is 66.4 Å². The average Bonchev–Trinajstić information content (AvgIpc) is 3.48. The molecule has 7 heteroatoms. The maximum absolute atomic E-state index is 4.89. The van der Waals surface area contributed by atoms with E-state index in [1.807, 2.05) is 64.4 Å². The van der Waals surface area contributed by atoms with Gasteiger partial charge < -0.3 is 9.55 Å². The van der Waals surface area contributed by atoms with Gasteiger partial charge in [-0.25, -0.2) is 9.97 Å². The molecule has 0 atom stereocenters. The summed E-state index contributed by atoms with van der Waals surface area (Å²) >= 11 is 0. The van der Waals surface area contributed by atoms with Crippen LogP contribution in [0.4, 0.5) is 0 Å². The van der Waals surface area contributed by atoms with Crippen molar-refractivity contribution in [1.82, 2.24) is 34.7 Å². The molecule has 0 radical (unpaired) electrons. The van der Waals surface area contributed by atoms with E-state index in [4.69, 9.17) is 4.98 Å². The molecule has 154 valence electrons.